The van der Waals surface area contributed by atoms with Gasteiger partial charge in [0.1, 0.15) is 5.82 Å². The van der Waals surface area contributed by atoms with Crippen LogP contribution in [0.15, 0.2) is 30.7 Å². The van der Waals surface area contributed by atoms with Crippen molar-refractivity contribution in [2.45, 2.75) is 58.2 Å². The van der Waals surface area contributed by atoms with Crippen LogP contribution in [0.3, 0.4) is 0 Å². The van der Waals surface area contributed by atoms with E-state index in [9.17, 15) is 4.79 Å². The summed E-state index contributed by atoms with van der Waals surface area (Å²) in [4.78, 5) is 16.5. The monoisotopic (exact) mass is 354 g/mol. The minimum absolute atomic E-state index is 0.0523. The average Bonchev–Trinajstić information content (AvgIpc) is 3.23. The number of pyridine rings is 1. The van der Waals surface area contributed by atoms with Gasteiger partial charge in [0.2, 0.25) is 5.91 Å². The fraction of sp³-hybridized carbons (Fsp3) is 0.526. The normalized spacial score (nSPS) is 25.8. The molecule has 7 heteroatoms. The Balaban J connectivity index is 1.58. The van der Waals surface area contributed by atoms with Gasteiger partial charge in [-0.15, -0.1) is 0 Å². The number of aromatic nitrogens is 3. The van der Waals surface area contributed by atoms with Gasteiger partial charge in [-0.3, -0.25) is 20.6 Å². The van der Waals surface area contributed by atoms with Crippen molar-refractivity contribution in [1.82, 2.24) is 25.6 Å². The zero-order valence-electron chi connectivity index (χ0n) is 15.5. The van der Waals surface area contributed by atoms with Gasteiger partial charge in [-0.05, 0) is 23.5 Å². The molecular weight excluding hydrogens is 328 g/mol. The highest BCUT2D eigenvalue weighted by molar-refractivity contribution is 5.93. The van der Waals surface area contributed by atoms with Crippen LogP contribution >= 0.6 is 0 Å². The number of nitrogens with zero attached hydrogens (tertiary/aromatic N) is 3. The fourth-order valence-electron chi connectivity index (χ4n) is 3.86. The molecule has 7 nitrogen and oxygen atoms in total. The van der Waals surface area contributed by atoms with Crippen molar-refractivity contribution in [2.75, 3.05) is 5.32 Å². The first-order valence-electron chi connectivity index (χ1n) is 9.17. The molecule has 138 valence electrons. The van der Waals surface area contributed by atoms with Crippen molar-refractivity contribution < 1.29 is 4.79 Å². The summed E-state index contributed by atoms with van der Waals surface area (Å²) in [5.41, 5.74) is 9.19. The maximum atomic E-state index is 12.4. The lowest BCUT2D eigenvalue weighted by molar-refractivity contribution is -0.117. The average molecular weight is 354 g/mol. The maximum absolute atomic E-state index is 12.4. The molecule has 4 rings (SSSR count). The molecule has 0 aromatic carbocycles. The molecule has 3 atom stereocenters. The molecule has 0 saturated carbocycles. The first-order chi connectivity index (χ1) is 12.4. The zero-order chi connectivity index (χ0) is 18.3. The number of carbonyl (C=O) groups is 1. The van der Waals surface area contributed by atoms with Crippen LogP contribution in [0.1, 0.15) is 50.7 Å². The first-order valence-corrected chi connectivity index (χ1v) is 9.17. The fourth-order valence-corrected chi connectivity index (χ4v) is 3.86. The Morgan fingerprint density at radius 3 is 2.81 bits per heavy atom. The quantitative estimate of drug-likeness (QED) is 0.785. The van der Waals surface area contributed by atoms with Gasteiger partial charge in [0.05, 0.1) is 12.7 Å². The highest BCUT2D eigenvalue weighted by atomic mass is 16.1. The van der Waals surface area contributed by atoms with Crippen LogP contribution in [-0.2, 0) is 11.3 Å². The number of hydrogen-bond donors (Lipinski definition) is 3. The van der Waals surface area contributed by atoms with Crippen LogP contribution in [0.5, 0.6) is 0 Å². The van der Waals surface area contributed by atoms with Gasteiger partial charge >= 0.3 is 0 Å². The highest BCUT2D eigenvalue weighted by Gasteiger charge is 2.40. The predicted molar refractivity (Wildman–Crippen MR) is 99.5 cm³/mol. The number of amides is 1. The number of anilines is 1. The van der Waals surface area contributed by atoms with E-state index in [-0.39, 0.29) is 23.3 Å². The standard InChI is InChI=1S/C19H26N6O/c1-19(2,3)16-8-15(23-24-16)13-7-17(26)22-18-14(13)10-21-25(18)11-12-5-4-6-20-9-12/h4-6,9-10,13,15-16,23-24H,7-8,11H2,1-3H3,(H,22,26). The largest absolute Gasteiger partial charge is 0.311 e. The van der Waals surface area contributed by atoms with E-state index >= 15 is 0 Å². The molecule has 2 aliphatic rings. The molecule has 3 N–H and O–H groups in total. The lowest BCUT2D eigenvalue weighted by Crippen LogP contribution is -2.41. The molecular formula is C19H26N6O. The second-order valence-corrected chi connectivity index (χ2v) is 8.38. The summed E-state index contributed by atoms with van der Waals surface area (Å²) < 4.78 is 1.86. The third-order valence-corrected chi connectivity index (χ3v) is 5.45. The molecule has 1 saturated heterocycles. The SMILES string of the molecule is CC(C)(C)C1CC(C2CC(=O)Nc3c2cnn3Cc2cccnc2)NN1. The topological polar surface area (TPSA) is 83.9 Å². The van der Waals surface area contributed by atoms with Crippen LogP contribution in [0.25, 0.3) is 0 Å². The molecule has 2 aliphatic heterocycles. The van der Waals surface area contributed by atoms with Gasteiger partial charge < -0.3 is 5.32 Å². The summed E-state index contributed by atoms with van der Waals surface area (Å²) in [7, 11) is 0. The Hall–Kier alpha value is -2.25. The van der Waals surface area contributed by atoms with E-state index in [0.29, 0.717) is 19.0 Å². The van der Waals surface area contributed by atoms with Gasteiger partial charge in [0.15, 0.2) is 0 Å². The maximum Gasteiger partial charge on any atom is 0.226 e. The van der Waals surface area contributed by atoms with E-state index in [1.54, 1.807) is 6.20 Å². The second kappa shape index (κ2) is 6.48. The molecule has 2 aromatic heterocycles. The number of hydrazine groups is 1. The van der Waals surface area contributed by atoms with Gasteiger partial charge in [0, 0.05) is 42.4 Å². The second-order valence-electron chi connectivity index (χ2n) is 8.38. The first kappa shape index (κ1) is 17.2. The van der Waals surface area contributed by atoms with Gasteiger partial charge in [0.25, 0.3) is 0 Å². The summed E-state index contributed by atoms with van der Waals surface area (Å²) in [5.74, 6) is 0.994. The number of carbonyl (C=O) groups excluding carboxylic acids is 1. The van der Waals surface area contributed by atoms with Crippen molar-refractivity contribution in [3.63, 3.8) is 0 Å². The molecule has 1 amide bonds. The lowest BCUT2D eigenvalue weighted by Gasteiger charge is -2.29. The smallest absolute Gasteiger partial charge is 0.226 e. The van der Waals surface area contributed by atoms with Crippen LogP contribution in [0.2, 0.25) is 0 Å². The third kappa shape index (κ3) is 3.24. The van der Waals surface area contributed by atoms with E-state index in [0.717, 1.165) is 23.4 Å². The number of nitrogens with one attached hydrogen (secondary N) is 3. The molecule has 2 aromatic rings. The summed E-state index contributed by atoms with van der Waals surface area (Å²) >= 11 is 0. The Kier molecular flexibility index (Phi) is 4.28. The van der Waals surface area contributed by atoms with Gasteiger partial charge in [-0.25, -0.2) is 4.68 Å². The molecule has 3 unspecified atom stereocenters. The van der Waals surface area contributed by atoms with Crippen molar-refractivity contribution in [1.29, 1.82) is 0 Å². The molecule has 0 radical (unpaired) electrons. The minimum atomic E-state index is 0.0523. The van der Waals surface area contributed by atoms with E-state index in [1.165, 1.54) is 0 Å². The van der Waals surface area contributed by atoms with E-state index in [4.69, 9.17) is 0 Å². The van der Waals surface area contributed by atoms with Crippen molar-refractivity contribution in [2.24, 2.45) is 5.41 Å². The Morgan fingerprint density at radius 2 is 2.12 bits per heavy atom. The van der Waals surface area contributed by atoms with Gasteiger partial charge in [-0.2, -0.15) is 5.10 Å². The van der Waals surface area contributed by atoms with E-state index in [2.05, 4.69) is 47.0 Å². The zero-order valence-corrected chi connectivity index (χ0v) is 15.5. The van der Waals surface area contributed by atoms with Crippen molar-refractivity contribution in [3.8, 4) is 0 Å². The van der Waals surface area contributed by atoms with Crippen molar-refractivity contribution in [3.05, 3.63) is 41.9 Å². The molecule has 0 bridgehead atoms. The van der Waals surface area contributed by atoms with Crippen LogP contribution in [0.4, 0.5) is 5.82 Å². The van der Waals surface area contributed by atoms with Crippen LogP contribution in [0, 0.1) is 5.41 Å². The lowest BCUT2D eigenvalue weighted by atomic mass is 9.80. The Labute approximate surface area is 153 Å². The summed E-state index contributed by atoms with van der Waals surface area (Å²) in [5, 5.41) is 7.56. The predicted octanol–water partition coefficient (Wildman–Crippen LogP) is 2.03. The molecule has 26 heavy (non-hydrogen) atoms. The van der Waals surface area contributed by atoms with E-state index in [1.807, 2.05) is 29.2 Å². The molecule has 0 spiro atoms. The number of rotatable bonds is 3. The highest BCUT2D eigenvalue weighted by Crippen LogP contribution is 2.38. The molecule has 0 aliphatic carbocycles. The van der Waals surface area contributed by atoms with Crippen LogP contribution in [-0.4, -0.2) is 32.8 Å². The Bertz CT molecular complexity index is 794. The summed E-state index contributed by atoms with van der Waals surface area (Å²) in [6.07, 6.45) is 6.97. The third-order valence-electron chi connectivity index (χ3n) is 5.45. The summed E-state index contributed by atoms with van der Waals surface area (Å²) in [6.45, 7) is 7.30. The number of fused-ring (bicyclic) bond motifs is 1. The number of hydrogen-bond acceptors (Lipinski definition) is 5. The Morgan fingerprint density at radius 1 is 1.27 bits per heavy atom. The minimum Gasteiger partial charge on any atom is -0.311 e. The van der Waals surface area contributed by atoms with Gasteiger partial charge in [-0.1, -0.05) is 26.8 Å². The van der Waals surface area contributed by atoms with E-state index < -0.39 is 0 Å². The summed E-state index contributed by atoms with van der Waals surface area (Å²) in [6, 6.07) is 4.53. The van der Waals surface area contributed by atoms with Crippen LogP contribution < -0.4 is 16.2 Å². The molecule has 4 heterocycles. The van der Waals surface area contributed by atoms with Crippen molar-refractivity contribution >= 4 is 11.7 Å². The molecule has 1 fully saturated rings.